The van der Waals surface area contributed by atoms with E-state index in [1.165, 1.54) is 5.57 Å². The highest BCUT2D eigenvalue weighted by Crippen LogP contribution is 2.50. The van der Waals surface area contributed by atoms with E-state index in [4.69, 9.17) is 0 Å². The highest BCUT2D eigenvalue weighted by atomic mass is 32.2. The van der Waals surface area contributed by atoms with Gasteiger partial charge in [0.15, 0.2) is 0 Å². The molecule has 0 aliphatic heterocycles. The van der Waals surface area contributed by atoms with Crippen LogP contribution in [0.4, 0.5) is 0 Å². The number of unbranched alkanes of at least 4 members (excludes halogenated alkanes) is 2. The summed E-state index contributed by atoms with van der Waals surface area (Å²) in [6.07, 6.45) is 10.4. The Balaban J connectivity index is 1.84. The first-order chi connectivity index (χ1) is 12.4. The quantitative estimate of drug-likeness (QED) is 0.473. The first kappa shape index (κ1) is 21.5. The summed E-state index contributed by atoms with van der Waals surface area (Å²) in [5, 5.41) is 22.7. The molecule has 0 heterocycles. The smallest absolute Gasteiger partial charge is 0.232 e. The van der Waals surface area contributed by atoms with Gasteiger partial charge in [0.1, 0.15) is 0 Å². The monoisotopic (exact) mass is 381 g/mol. The number of rotatable bonds is 9. The minimum Gasteiger partial charge on any atom is -0.392 e. The van der Waals surface area contributed by atoms with Crippen molar-refractivity contribution in [2.45, 2.75) is 64.1 Å². The van der Waals surface area contributed by atoms with Crippen molar-refractivity contribution in [3.63, 3.8) is 0 Å². The minimum atomic E-state index is -0.392. The summed E-state index contributed by atoms with van der Waals surface area (Å²) in [7, 11) is 3.57. The van der Waals surface area contributed by atoms with Crippen LogP contribution in [0.15, 0.2) is 23.1 Å². The van der Waals surface area contributed by atoms with E-state index in [9.17, 15) is 15.0 Å². The minimum absolute atomic E-state index is 0.137. The maximum atomic E-state index is 11.7. The largest absolute Gasteiger partial charge is 0.392 e. The summed E-state index contributed by atoms with van der Waals surface area (Å²) in [5.41, 5.74) is 1.41. The average molecular weight is 382 g/mol. The predicted octanol–water partition coefficient (Wildman–Crippen LogP) is 3.60. The molecule has 0 aromatic carbocycles. The Morgan fingerprint density at radius 3 is 2.81 bits per heavy atom. The second kappa shape index (κ2) is 10.5. The lowest BCUT2D eigenvalue weighted by Crippen LogP contribution is -2.23. The van der Waals surface area contributed by atoms with Crippen LogP contribution in [0.1, 0.15) is 51.9 Å². The fourth-order valence-corrected chi connectivity index (χ4v) is 5.10. The summed E-state index contributed by atoms with van der Waals surface area (Å²) in [4.78, 5) is 13.3. The number of aliphatic hydroxyl groups is 2. The van der Waals surface area contributed by atoms with Gasteiger partial charge < -0.3 is 15.1 Å². The first-order valence-electron chi connectivity index (χ1n) is 9.96. The number of hydrogen-bond donors (Lipinski definition) is 2. The lowest BCUT2D eigenvalue weighted by Gasteiger charge is -2.17. The van der Waals surface area contributed by atoms with Crippen molar-refractivity contribution in [3.8, 4) is 0 Å². The third-order valence-electron chi connectivity index (χ3n) is 5.73. The summed E-state index contributed by atoms with van der Waals surface area (Å²) < 4.78 is 0. The van der Waals surface area contributed by atoms with Gasteiger partial charge in [-0.15, -0.1) is 11.8 Å². The standard InChI is InChI=1S/C21H35NO3S/c1-4-5-6-7-17(23)8-9-18-19-11-15(10-16(19)12-20(18)24)13-26-14-21(25)22(2)3/h8-9,13,16-20,23-24H,4-7,10-12,14H2,1-3H3/b9-8+,15-13+/t16-,17-,18+,19-,20+/m0/s1. The number of fused-ring (bicyclic) bond motifs is 1. The molecule has 0 saturated heterocycles. The Morgan fingerprint density at radius 2 is 2.12 bits per heavy atom. The summed E-state index contributed by atoms with van der Waals surface area (Å²) in [6, 6.07) is 0. The van der Waals surface area contributed by atoms with Crippen molar-refractivity contribution < 1.29 is 15.0 Å². The molecular formula is C21H35NO3S. The number of nitrogens with zero attached hydrogens (tertiary/aromatic N) is 1. The van der Waals surface area contributed by atoms with E-state index in [0.717, 1.165) is 44.9 Å². The molecule has 2 rings (SSSR count). The number of aliphatic hydroxyl groups excluding tert-OH is 2. The van der Waals surface area contributed by atoms with Crippen molar-refractivity contribution >= 4 is 17.7 Å². The number of amides is 1. The fourth-order valence-electron chi connectivity index (χ4n) is 4.19. The molecule has 2 aliphatic rings. The zero-order valence-corrected chi connectivity index (χ0v) is 17.3. The lowest BCUT2D eigenvalue weighted by atomic mass is 9.90. The Labute approximate surface area is 162 Å². The molecule has 2 fully saturated rings. The number of thioether (sulfide) groups is 1. The average Bonchev–Trinajstić information content (AvgIpc) is 3.09. The molecule has 5 atom stereocenters. The number of carbonyl (C=O) groups excluding carboxylic acids is 1. The molecule has 1 amide bonds. The zero-order chi connectivity index (χ0) is 19.1. The van der Waals surface area contributed by atoms with Crippen molar-refractivity contribution in [2.24, 2.45) is 17.8 Å². The Kier molecular flexibility index (Phi) is 8.71. The molecule has 0 aromatic rings. The highest BCUT2D eigenvalue weighted by molar-refractivity contribution is 8.02. The van der Waals surface area contributed by atoms with Crippen LogP contribution in [0.3, 0.4) is 0 Å². The van der Waals surface area contributed by atoms with Gasteiger partial charge in [-0.3, -0.25) is 4.79 Å². The van der Waals surface area contributed by atoms with Crippen LogP contribution in [0.5, 0.6) is 0 Å². The number of hydrogen-bond acceptors (Lipinski definition) is 4. The van der Waals surface area contributed by atoms with Gasteiger partial charge in [0.05, 0.1) is 18.0 Å². The number of allylic oxidation sites excluding steroid dienone is 1. The van der Waals surface area contributed by atoms with Gasteiger partial charge in [-0.1, -0.05) is 43.9 Å². The van der Waals surface area contributed by atoms with Gasteiger partial charge in [-0.05, 0) is 42.9 Å². The molecule has 0 bridgehead atoms. The Bertz CT molecular complexity index is 517. The van der Waals surface area contributed by atoms with Crippen molar-refractivity contribution in [1.29, 1.82) is 0 Å². The Morgan fingerprint density at radius 1 is 1.35 bits per heavy atom. The molecule has 0 aromatic heterocycles. The molecule has 0 unspecified atom stereocenters. The van der Waals surface area contributed by atoms with Crippen LogP contribution >= 0.6 is 11.8 Å². The third kappa shape index (κ3) is 6.14. The fraction of sp³-hybridized carbons (Fsp3) is 0.762. The number of carbonyl (C=O) groups is 1. The van der Waals surface area contributed by atoms with Crippen LogP contribution in [0.25, 0.3) is 0 Å². The third-order valence-corrected chi connectivity index (χ3v) is 6.64. The van der Waals surface area contributed by atoms with Crippen LogP contribution in [0, 0.1) is 17.8 Å². The van der Waals surface area contributed by atoms with E-state index < -0.39 is 6.10 Å². The molecule has 2 aliphatic carbocycles. The highest BCUT2D eigenvalue weighted by Gasteiger charge is 2.45. The van der Waals surface area contributed by atoms with E-state index in [0.29, 0.717) is 17.6 Å². The van der Waals surface area contributed by atoms with Crippen molar-refractivity contribution in [3.05, 3.63) is 23.1 Å². The summed E-state index contributed by atoms with van der Waals surface area (Å²) >= 11 is 1.58. The van der Waals surface area contributed by atoms with Gasteiger partial charge in [-0.25, -0.2) is 0 Å². The van der Waals surface area contributed by atoms with Crippen LogP contribution in [-0.2, 0) is 4.79 Å². The maximum Gasteiger partial charge on any atom is 0.232 e. The normalized spacial score (nSPS) is 30.9. The second-order valence-corrected chi connectivity index (χ2v) is 8.89. The zero-order valence-electron chi connectivity index (χ0n) is 16.4. The first-order valence-corrected chi connectivity index (χ1v) is 11.0. The predicted molar refractivity (Wildman–Crippen MR) is 109 cm³/mol. The van der Waals surface area contributed by atoms with Crippen LogP contribution in [0.2, 0.25) is 0 Å². The molecule has 26 heavy (non-hydrogen) atoms. The van der Waals surface area contributed by atoms with Crippen LogP contribution in [-0.4, -0.2) is 53.1 Å². The molecule has 4 nitrogen and oxygen atoms in total. The van der Waals surface area contributed by atoms with E-state index in [-0.39, 0.29) is 17.9 Å². The van der Waals surface area contributed by atoms with Crippen molar-refractivity contribution in [1.82, 2.24) is 4.90 Å². The van der Waals surface area contributed by atoms with Gasteiger partial charge in [0.25, 0.3) is 0 Å². The second-order valence-electron chi connectivity index (χ2n) is 8.04. The molecule has 5 heteroatoms. The molecule has 0 spiro atoms. The van der Waals surface area contributed by atoms with Crippen molar-refractivity contribution in [2.75, 3.05) is 19.8 Å². The molecule has 2 saturated carbocycles. The molecule has 2 N–H and O–H groups in total. The molecular weight excluding hydrogens is 346 g/mol. The Hall–Kier alpha value is -0.780. The van der Waals surface area contributed by atoms with Gasteiger partial charge >= 0.3 is 0 Å². The summed E-state index contributed by atoms with van der Waals surface area (Å²) in [6.45, 7) is 2.16. The lowest BCUT2D eigenvalue weighted by molar-refractivity contribution is -0.125. The SMILES string of the molecule is CCCCC[C@H](O)/C=C/[C@@H]1[C@H]2C/C(=C/SCC(=O)N(C)C)C[C@H]2C[C@H]1O. The van der Waals surface area contributed by atoms with Gasteiger partial charge in [-0.2, -0.15) is 0 Å². The van der Waals surface area contributed by atoms with Gasteiger partial charge in [0.2, 0.25) is 5.91 Å². The summed E-state index contributed by atoms with van der Waals surface area (Å²) in [5.74, 6) is 1.79. The van der Waals surface area contributed by atoms with E-state index in [1.807, 2.05) is 6.08 Å². The molecule has 0 radical (unpaired) electrons. The van der Waals surface area contributed by atoms with E-state index in [2.05, 4.69) is 18.4 Å². The van der Waals surface area contributed by atoms with Gasteiger partial charge in [0, 0.05) is 20.0 Å². The topological polar surface area (TPSA) is 60.8 Å². The van der Waals surface area contributed by atoms with E-state index >= 15 is 0 Å². The molecule has 148 valence electrons. The van der Waals surface area contributed by atoms with Crippen LogP contribution < -0.4 is 0 Å². The maximum absolute atomic E-state index is 11.7. The van der Waals surface area contributed by atoms with E-state index in [1.54, 1.807) is 30.8 Å².